The second-order valence-electron chi connectivity index (χ2n) is 2.38. The molecule has 0 aliphatic rings. The fraction of sp³-hybridized carbons (Fsp3) is 0.778. The molecule has 0 unspecified atom stereocenters. The maximum atomic E-state index is 3.83. The zero-order valence-corrected chi connectivity index (χ0v) is 9.65. The van der Waals surface area contributed by atoms with Gasteiger partial charge in [0.15, 0.2) is 0 Å². The second-order valence-corrected chi connectivity index (χ2v) is 14.3. The SMILES string of the molecule is C=CC[I-](CC)(CC)CC. The second kappa shape index (κ2) is 5.16. The van der Waals surface area contributed by atoms with E-state index in [1.54, 1.807) is 0 Å². The fourth-order valence-corrected chi connectivity index (χ4v) is 7.55. The van der Waals surface area contributed by atoms with Crippen molar-refractivity contribution in [3.63, 3.8) is 0 Å². The van der Waals surface area contributed by atoms with Gasteiger partial charge in [-0.1, -0.05) is 0 Å². The molecule has 0 saturated carbocycles. The van der Waals surface area contributed by atoms with Crippen LogP contribution in [0, 0.1) is 0 Å². The van der Waals surface area contributed by atoms with Gasteiger partial charge < -0.3 is 0 Å². The molecule has 0 spiro atoms. The Morgan fingerprint density at radius 2 is 1.50 bits per heavy atom. The quantitative estimate of drug-likeness (QED) is 0.349. The van der Waals surface area contributed by atoms with Crippen molar-refractivity contribution in [3.05, 3.63) is 12.7 Å². The van der Waals surface area contributed by atoms with Gasteiger partial charge in [0.2, 0.25) is 0 Å². The molecule has 1 heteroatoms. The van der Waals surface area contributed by atoms with E-state index in [0.717, 1.165) is 0 Å². The predicted molar refractivity (Wildman–Crippen MR) is 46.7 cm³/mol. The van der Waals surface area contributed by atoms with Crippen LogP contribution in [0.25, 0.3) is 0 Å². The number of alkyl halides is 4. The van der Waals surface area contributed by atoms with Crippen LogP contribution in [0.4, 0.5) is 0 Å². The summed E-state index contributed by atoms with van der Waals surface area (Å²) in [5.41, 5.74) is 0. The molecular weight excluding hydrogens is 235 g/mol. The van der Waals surface area contributed by atoms with Gasteiger partial charge in [-0.25, -0.2) is 0 Å². The predicted octanol–water partition coefficient (Wildman–Crippen LogP) is -0.607. The van der Waals surface area contributed by atoms with Gasteiger partial charge in [-0.05, 0) is 0 Å². The first-order valence-electron chi connectivity index (χ1n) is 4.01. The molecule has 0 aromatic heterocycles. The third kappa shape index (κ3) is 2.60. The van der Waals surface area contributed by atoms with Gasteiger partial charge >= 0.3 is 69.6 Å². The number of halogens is 1. The van der Waals surface area contributed by atoms with Crippen LogP contribution in [0.3, 0.4) is 0 Å². The monoisotopic (exact) mass is 255 g/mol. The summed E-state index contributed by atoms with van der Waals surface area (Å²) in [7, 11) is 0. The number of allylic oxidation sites excluding steroid dienone is 1. The van der Waals surface area contributed by atoms with Crippen LogP contribution < -0.4 is 18.4 Å². The van der Waals surface area contributed by atoms with Gasteiger partial charge in [-0.3, -0.25) is 0 Å². The van der Waals surface area contributed by atoms with Crippen LogP contribution in [0.1, 0.15) is 20.8 Å². The van der Waals surface area contributed by atoms with Gasteiger partial charge in [-0.15, -0.1) is 0 Å². The van der Waals surface area contributed by atoms with Gasteiger partial charge in [0.05, 0.1) is 0 Å². The third-order valence-electron chi connectivity index (χ3n) is 2.14. The van der Waals surface area contributed by atoms with E-state index in [2.05, 4.69) is 33.4 Å². The van der Waals surface area contributed by atoms with Gasteiger partial charge in [0.1, 0.15) is 0 Å². The van der Waals surface area contributed by atoms with Crippen LogP contribution in [0.5, 0.6) is 0 Å². The molecule has 0 bridgehead atoms. The first-order chi connectivity index (χ1) is 4.74. The molecule has 10 heavy (non-hydrogen) atoms. The summed E-state index contributed by atoms with van der Waals surface area (Å²) in [5, 5.41) is 0. The average molecular weight is 255 g/mol. The first-order valence-corrected chi connectivity index (χ1v) is 10.1. The van der Waals surface area contributed by atoms with E-state index < -0.39 is 18.4 Å². The zero-order valence-electron chi connectivity index (χ0n) is 7.49. The third-order valence-corrected chi connectivity index (χ3v) is 14.3. The first kappa shape index (κ1) is 10.5. The molecule has 0 amide bonds. The molecule has 0 radical (unpaired) electrons. The standard InChI is InChI=1S/C9H20I/c1-5-9-10(6-2,7-3)8-4/h5H,1,6-9H2,2-4H3/q-1. The molecule has 0 saturated heterocycles. The van der Waals surface area contributed by atoms with E-state index in [9.17, 15) is 0 Å². The number of hydrogen-bond acceptors (Lipinski definition) is 0. The molecule has 0 aromatic carbocycles. The van der Waals surface area contributed by atoms with Crippen molar-refractivity contribution in [2.24, 2.45) is 0 Å². The van der Waals surface area contributed by atoms with Crippen molar-refractivity contribution in [1.82, 2.24) is 0 Å². The number of rotatable bonds is 5. The molecule has 0 aliphatic heterocycles. The van der Waals surface area contributed by atoms with E-state index in [0.29, 0.717) is 0 Å². The van der Waals surface area contributed by atoms with Crippen molar-refractivity contribution >= 4 is 0 Å². The molecular formula is C9H20I-. The summed E-state index contributed by atoms with van der Waals surface area (Å²) < 4.78 is 5.75. The Balaban J connectivity index is 4.00. The Bertz CT molecular complexity index is 84.6. The van der Waals surface area contributed by atoms with Crippen LogP contribution in [-0.4, -0.2) is 17.7 Å². The Hall–Kier alpha value is 0.470. The maximum absolute atomic E-state index is 3.83. The minimum atomic E-state index is -1.25. The summed E-state index contributed by atoms with van der Waals surface area (Å²) >= 11 is -1.25. The average Bonchev–Trinajstić information content (AvgIpc) is 2.01. The van der Waals surface area contributed by atoms with E-state index in [4.69, 9.17) is 0 Å². The molecule has 0 aliphatic carbocycles. The topological polar surface area (TPSA) is 0 Å². The van der Waals surface area contributed by atoms with Crippen molar-refractivity contribution in [1.29, 1.82) is 0 Å². The molecule has 0 N–H and O–H groups in total. The Labute approximate surface area is 69.6 Å². The Morgan fingerprint density at radius 3 is 1.60 bits per heavy atom. The van der Waals surface area contributed by atoms with E-state index in [1.807, 2.05) is 0 Å². The summed E-state index contributed by atoms with van der Waals surface area (Å²) in [6.07, 6.45) is 2.13. The molecule has 0 fully saturated rings. The Morgan fingerprint density at radius 1 is 1.10 bits per heavy atom. The molecule has 64 valence electrons. The summed E-state index contributed by atoms with van der Waals surface area (Å²) in [6.45, 7) is 10.9. The van der Waals surface area contributed by atoms with E-state index in [1.165, 1.54) is 17.7 Å². The van der Waals surface area contributed by atoms with E-state index in [-0.39, 0.29) is 0 Å². The molecule has 0 rings (SSSR count). The molecule has 0 aromatic rings. The summed E-state index contributed by atoms with van der Waals surface area (Å²) in [5.74, 6) is 0. The molecule has 0 heterocycles. The fourth-order valence-electron chi connectivity index (χ4n) is 1.13. The van der Waals surface area contributed by atoms with Crippen molar-refractivity contribution in [2.45, 2.75) is 20.8 Å². The van der Waals surface area contributed by atoms with Gasteiger partial charge in [0, 0.05) is 0 Å². The normalized spacial score (nSPS) is 13.1. The zero-order chi connectivity index (χ0) is 8.04. The molecule has 0 atom stereocenters. The Kier molecular flexibility index (Phi) is 5.41. The minimum absolute atomic E-state index is 1.25. The van der Waals surface area contributed by atoms with E-state index >= 15 is 0 Å². The van der Waals surface area contributed by atoms with Crippen LogP contribution >= 0.6 is 0 Å². The number of hydrogen-bond donors (Lipinski definition) is 0. The molecule has 0 nitrogen and oxygen atoms in total. The van der Waals surface area contributed by atoms with Crippen LogP contribution in [0.2, 0.25) is 0 Å². The van der Waals surface area contributed by atoms with Gasteiger partial charge in [-0.2, -0.15) is 0 Å². The van der Waals surface area contributed by atoms with Crippen LogP contribution in [0.15, 0.2) is 12.7 Å². The van der Waals surface area contributed by atoms with Crippen molar-refractivity contribution in [2.75, 3.05) is 17.7 Å². The summed E-state index contributed by atoms with van der Waals surface area (Å²) in [4.78, 5) is 0. The van der Waals surface area contributed by atoms with Crippen LogP contribution in [-0.2, 0) is 0 Å². The summed E-state index contributed by atoms with van der Waals surface area (Å²) in [6, 6.07) is 0. The van der Waals surface area contributed by atoms with Gasteiger partial charge in [0.25, 0.3) is 0 Å². The van der Waals surface area contributed by atoms with Crippen molar-refractivity contribution < 1.29 is 18.4 Å². The van der Waals surface area contributed by atoms with Crippen molar-refractivity contribution in [3.8, 4) is 0 Å².